The van der Waals surface area contributed by atoms with Crippen LogP contribution in [0.2, 0.25) is 0 Å². The van der Waals surface area contributed by atoms with Crippen LogP contribution in [0.3, 0.4) is 0 Å². The minimum atomic E-state index is -1.91. The van der Waals surface area contributed by atoms with Gasteiger partial charge >= 0.3 is 0 Å². The van der Waals surface area contributed by atoms with E-state index in [4.69, 9.17) is 0 Å². The molecule has 1 rings (SSSR count). The van der Waals surface area contributed by atoms with Crippen molar-refractivity contribution < 1.29 is 8.76 Å². The van der Waals surface area contributed by atoms with E-state index in [2.05, 4.69) is 12.1 Å². The summed E-state index contributed by atoms with van der Waals surface area (Å²) < 4.78 is 20.4. The van der Waals surface area contributed by atoms with Gasteiger partial charge in [0.1, 0.15) is 0 Å². The van der Waals surface area contributed by atoms with Crippen molar-refractivity contribution in [1.29, 1.82) is 0 Å². The Bertz CT molecular complexity index is 306. The van der Waals surface area contributed by atoms with Gasteiger partial charge in [-0.05, 0) is 18.4 Å². The molecule has 0 N–H and O–H groups in total. The van der Waals surface area contributed by atoms with Gasteiger partial charge in [-0.15, -0.1) is 0 Å². The molecule has 0 aromatic heterocycles. The predicted octanol–water partition coefficient (Wildman–Crippen LogP) is 2.05. The Morgan fingerprint density at radius 3 is 2.57 bits per heavy atom. The molecule has 0 saturated carbocycles. The van der Waals surface area contributed by atoms with Gasteiger partial charge in [0.25, 0.3) is 0 Å². The third-order valence-electron chi connectivity index (χ3n) is 1.81. The number of rotatable bonds is 5. The maximum Gasteiger partial charge on any atom is 0.0136 e. The van der Waals surface area contributed by atoms with Crippen LogP contribution < -0.4 is 0 Å². The number of allylic oxidation sites excluding steroid dienone is 2. The van der Waals surface area contributed by atoms with Gasteiger partial charge in [-0.25, -0.2) is 0 Å². The van der Waals surface area contributed by atoms with E-state index in [9.17, 15) is 8.76 Å². The summed E-state index contributed by atoms with van der Waals surface area (Å²) in [6, 6.07) is 10.1. The van der Waals surface area contributed by atoms with E-state index in [0.29, 0.717) is 6.42 Å². The van der Waals surface area contributed by atoms with Crippen LogP contribution in [0.5, 0.6) is 0 Å². The molecular weight excluding hydrogens is 196 g/mol. The van der Waals surface area contributed by atoms with Crippen molar-refractivity contribution in [3.8, 4) is 0 Å². The first-order chi connectivity index (χ1) is 6.79. The van der Waals surface area contributed by atoms with Crippen LogP contribution in [-0.2, 0) is 17.5 Å². The summed E-state index contributed by atoms with van der Waals surface area (Å²) >= 11 is -1.91. The molecule has 2 nitrogen and oxygen atoms in total. The predicted molar refractivity (Wildman–Crippen MR) is 57.7 cm³/mol. The first-order valence-electron chi connectivity index (χ1n) is 4.54. The highest BCUT2D eigenvalue weighted by atomic mass is 32.2. The van der Waals surface area contributed by atoms with Crippen LogP contribution >= 0.6 is 0 Å². The zero-order valence-corrected chi connectivity index (χ0v) is 8.70. The second-order valence-electron chi connectivity index (χ2n) is 2.96. The van der Waals surface area contributed by atoms with E-state index in [-0.39, 0.29) is 5.75 Å². The van der Waals surface area contributed by atoms with Crippen molar-refractivity contribution in [1.82, 2.24) is 0 Å². The summed E-state index contributed by atoms with van der Waals surface area (Å²) in [5.74, 6) is 0.214. The van der Waals surface area contributed by atoms with Crippen molar-refractivity contribution in [3.05, 3.63) is 48.0 Å². The van der Waals surface area contributed by atoms with Crippen molar-refractivity contribution >= 4 is 11.1 Å². The average molecular weight is 209 g/mol. The van der Waals surface area contributed by atoms with Crippen molar-refractivity contribution in [3.63, 3.8) is 0 Å². The lowest BCUT2D eigenvalue weighted by Crippen LogP contribution is -1.92. The van der Waals surface area contributed by atoms with Gasteiger partial charge in [-0.2, -0.15) is 0 Å². The van der Waals surface area contributed by atoms with E-state index in [1.165, 1.54) is 5.56 Å². The van der Waals surface area contributed by atoms with Crippen molar-refractivity contribution in [2.24, 2.45) is 0 Å². The Hall–Kier alpha value is -0.930. The third-order valence-corrected chi connectivity index (χ3v) is 2.38. The minimum Gasteiger partial charge on any atom is -0.772 e. The minimum absolute atomic E-state index is 0.214. The SMILES string of the molecule is O=S([O-])CCC=CCc1ccccc1. The average Bonchev–Trinajstić information content (AvgIpc) is 2.18. The first kappa shape index (κ1) is 11.1. The first-order valence-corrected chi connectivity index (χ1v) is 5.78. The fourth-order valence-electron chi connectivity index (χ4n) is 1.12. The second kappa shape index (κ2) is 6.51. The van der Waals surface area contributed by atoms with Gasteiger partial charge in [0.2, 0.25) is 0 Å². The molecule has 0 amide bonds. The van der Waals surface area contributed by atoms with Crippen molar-refractivity contribution in [2.75, 3.05) is 5.75 Å². The normalized spacial score (nSPS) is 13.2. The van der Waals surface area contributed by atoms with E-state index in [1.807, 2.05) is 30.4 Å². The molecule has 1 unspecified atom stereocenters. The van der Waals surface area contributed by atoms with Crippen LogP contribution in [0.15, 0.2) is 42.5 Å². The van der Waals surface area contributed by atoms with E-state index in [1.54, 1.807) is 0 Å². The lowest BCUT2D eigenvalue weighted by Gasteiger charge is -2.00. The molecule has 0 saturated heterocycles. The topological polar surface area (TPSA) is 40.1 Å². The van der Waals surface area contributed by atoms with E-state index in [0.717, 1.165) is 6.42 Å². The van der Waals surface area contributed by atoms with E-state index >= 15 is 0 Å². The molecule has 0 aliphatic carbocycles. The summed E-state index contributed by atoms with van der Waals surface area (Å²) in [7, 11) is 0. The molecule has 0 heterocycles. The highest BCUT2D eigenvalue weighted by Crippen LogP contribution is 2.00. The molecule has 0 aliphatic rings. The Morgan fingerprint density at radius 2 is 1.93 bits per heavy atom. The van der Waals surface area contributed by atoms with Gasteiger partial charge in [-0.3, -0.25) is 4.21 Å². The smallest absolute Gasteiger partial charge is 0.0136 e. The van der Waals surface area contributed by atoms with Crippen LogP contribution in [0.4, 0.5) is 0 Å². The molecule has 0 aliphatic heterocycles. The monoisotopic (exact) mass is 209 g/mol. The fourth-order valence-corrected chi connectivity index (χ4v) is 1.44. The summed E-state index contributed by atoms with van der Waals surface area (Å²) in [6.45, 7) is 0. The van der Waals surface area contributed by atoms with E-state index < -0.39 is 11.1 Å². The lowest BCUT2D eigenvalue weighted by atomic mass is 10.1. The number of benzene rings is 1. The summed E-state index contributed by atoms with van der Waals surface area (Å²) in [4.78, 5) is 0. The van der Waals surface area contributed by atoms with Gasteiger partial charge in [0.15, 0.2) is 0 Å². The number of hydrogen-bond acceptors (Lipinski definition) is 2. The molecule has 0 spiro atoms. The Morgan fingerprint density at radius 1 is 1.21 bits per heavy atom. The largest absolute Gasteiger partial charge is 0.772 e. The maximum atomic E-state index is 10.2. The Balaban J connectivity index is 2.24. The van der Waals surface area contributed by atoms with Gasteiger partial charge in [0.05, 0.1) is 0 Å². The number of hydrogen-bond donors (Lipinski definition) is 0. The summed E-state index contributed by atoms with van der Waals surface area (Å²) in [5.41, 5.74) is 1.24. The maximum absolute atomic E-state index is 10.2. The molecular formula is C11H13O2S-. The van der Waals surface area contributed by atoms with Crippen LogP contribution in [0.25, 0.3) is 0 Å². The fraction of sp³-hybridized carbons (Fsp3) is 0.273. The second-order valence-corrected chi connectivity index (χ2v) is 3.97. The third kappa shape index (κ3) is 4.94. The van der Waals surface area contributed by atoms with Gasteiger partial charge < -0.3 is 4.55 Å². The standard InChI is InChI=1S/C11H14O2S/c12-14(13)10-6-2-5-9-11-7-3-1-4-8-11/h1-5,7-8H,6,9-10H2,(H,12,13)/p-1. The summed E-state index contributed by atoms with van der Waals surface area (Å²) in [6.07, 6.45) is 5.38. The highest BCUT2D eigenvalue weighted by molar-refractivity contribution is 7.79. The van der Waals surface area contributed by atoms with Crippen molar-refractivity contribution in [2.45, 2.75) is 12.8 Å². The van der Waals surface area contributed by atoms with Crippen LogP contribution in [0.1, 0.15) is 12.0 Å². The van der Waals surface area contributed by atoms with Crippen LogP contribution in [0, 0.1) is 0 Å². The van der Waals surface area contributed by atoms with Gasteiger partial charge in [0, 0.05) is 5.75 Å². The Labute approximate surface area is 86.9 Å². The molecule has 0 bridgehead atoms. The zero-order chi connectivity index (χ0) is 10.2. The molecule has 76 valence electrons. The molecule has 1 aromatic carbocycles. The summed E-state index contributed by atoms with van der Waals surface area (Å²) in [5, 5.41) is 0. The molecule has 1 aromatic rings. The quantitative estimate of drug-likeness (QED) is 0.550. The molecule has 14 heavy (non-hydrogen) atoms. The van der Waals surface area contributed by atoms with Gasteiger partial charge in [-0.1, -0.05) is 53.6 Å². The Kier molecular flexibility index (Phi) is 5.19. The molecule has 0 fully saturated rings. The lowest BCUT2D eigenvalue weighted by molar-refractivity contribution is 0.537. The highest BCUT2D eigenvalue weighted by Gasteiger charge is 1.85. The zero-order valence-electron chi connectivity index (χ0n) is 7.89. The molecule has 0 radical (unpaired) electrons. The molecule has 3 heteroatoms. The van der Waals surface area contributed by atoms with Crippen LogP contribution in [-0.4, -0.2) is 14.5 Å². The molecule has 1 atom stereocenters.